The van der Waals surface area contributed by atoms with Crippen molar-refractivity contribution in [3.8, 4) is 11.1 Å². The first-order valence-corrected chi connectivity index (χ1v) is 6.46. The van der Waals surface area contributed by atoms with E-state index in [4.69, 9.17) is 11.6 Å². The fourth-order valence-corrected chi connectivity index (χ4v) is 2.06. The zero-order valence-electron chi connectivity index (χ0n) is 10.1. The summed E-state index contributed by atoms with van der Waals surface area (Å²) >= 11 is 5.31. The van der Waals surface area contributed by atoms with Gasteiger partial charge in [0.2, 0.25) is 5.24 Å². The normalized spacial score (nSPS) is 10.3. The van der Waals surface area contributed by atoms with Gasteiger partial charge in [-0.1, -0.05) is 54.6 Å². The molecule has 2 aromatic carbocycles. The molecule has 0 spiro atoms. The second-order valence-electron chi connectivity index (χ2n) is 4.27. The molecule has 0 radical (unpaired) electrons. The zero-order valence-corrected chi connectivity index (χ0v) is 10.9. The van der Waals surface area contributed by atoms with Gasteiger partial charge >= 0.3 is 0 Å². The minimum Gasteiger partial charge on any atom is -0.281 e. The number of carbonyl (C=O) groups excluding carboxylic acids is 1. The van der Waals surface area contributed by atoms with Gasteiger partial charge in [-0.05, 0) is 41.1 Å². The molecule has 0 fully saturated rings. The van der Waals surface area contributed by atoms with Gasteiger partial charge in [0, 0.05) is 6.42 Å². The predicted molar refractivity (Wildman–Crippen MR) is 75.7 cm³/mol. The molecular weight excluding hydrogens is 244 g/mol. The minimum atomic E-state index is -0.254. The molecule has 0 heterocycles. The Labute approximate surface area is 112 Å². The first-order valence-electron chi connectivity index (χ1n) is 6.08. The molecule has 2 heteroatoms. The van der Waals surface area contributed by atoms with E-state index in [1.807, 2.05) is 18.2 Å². The van der Waals surface area contributed by atoms with Crippen molar-refractivity contribution in [2.75, 3.05) is 0 Å². The van der Waals surface area contributed by atoms with E-state index in [1.54, 1.807) is 0 Å². The van der Waals surface area contributed by atoms with Crippen molar-refractivity contribution >= 4 is 16.8 Å². The molecule has 0 aliphatic carbocycles. The van der Waals surface area contributed by atoms with Gasteiger partial charge in [-0.15, -0.1) is 0 Å². The molecule has 0 aliphatic heterocycles. The number of aryl methyl sites for hydroxylation is 1. The molecule has 0 N–H and O–H groups in total. The van der Waals surface area contributed by atoms with Crippen LogP contribution in [0.1, 0.15) is 18.4 Å². The Morgan fingerprint density at radius 1 is 0.889 bits per heavy atom. The average Bonchev–Trinajstić information content (AvgIpc) is 2.40. The third kappa shape index (κ3) is 3.71. The molecule has 0 aromatic heterocycles. The molecule has 0 bridgehead atoms. The predicted octanol–water partition coefficient (Wildman–Crippen LogP) is 4.44. The van der Waals surface area contributed by atoms with Crippen LogP contribution in [0.2, 0.25) is 0 Å². The lowest BCUT2D eigenvalue weighted by atomic mass is 10.0. The molecule has 0 saturated carbocycles. The number of hydrogen-bond acceptors (Lipinski definition) is 1. The number of benzene rings is 2. The number of hydrogen-bond donors (Lipinski definition) is 0. The van der Waals surface area contributed by atoms with Crippen molar-refractivity contribution in [2.24, 2.45) is 0 Å². The van der Waals surface area contributed by atoms with E-state index in [2.05, 4.69) is 36.4 Å². The summed E-state index contributed by atoms with van der Waals surface area (Å²) in [5.74, 6) is 0. The summed E-state index contributed by atoms with van der Waals surface area (Å²) in [4.78, 5) is 10.6. The quantitative estimate of drug-likeness (QED) is 0.725. The van der Waals surface area contributed by atoms with Crippen LogP contribution in [-0.2, 0) is 11.2 Å². The van der Waals surface area contributed by atoms with Crippen LogP contribution in [-0.4, -0.2) is 5.24 Å². The van der Waals surface area contributed by atoms with E-state index >= 15 is 0 Å². The van der Waals surface area contributed by atoms with Gasteiger partial charge in [-0.2, -0.15) is 0 Å². The maximum absolute atomic E-state index is 10.6. The largest absolute Gasteiger partial charge is 0.281 e. The van der Waals surface area contributed by atoms with Crippen LogP contribution in [0.25, 0.3) is 11.1 Å². The van der Waals surface area contributed by atoms with Crippen LogP contribution in [0.5, 0.6) is 0 Å². The van der Waals surface area contributed by atoms with Crippen molar-refractivity contribution in [3.63, 3.8) is 0 Å². The average molecular weight is 259 g/mol. The van der Waals surface area contributed by atoms with Crippen molar-refractivity contribution in [1.29, 1.82) is 0 Å². The first kappa shape index (κ1) is 12.8. The van der Waals surface area contributed by atoms with Gasteiger partial charge in [-0.3, -0.25) is 4.79 Å². The van der Waals surface area contributed by atoms with Crippen LogP contribution in [0.3, 0.4) is 0 Å². The van der Waals surface area contributed by atoms with Gasteiger partial charge in [0.25, 0.3) is 0 Å². The van der Waals surface area contributed by atoms with E-state index < -0.39 is 0 Å². The highest BCUT2D eigenvalue weighted by atomic mass is 35.5. The van der Waals surface area contributed by atoms with Crippen molar-refractivity contribution < 1.29 is 4.79 Å². The summed E-state index contributed by atoms with van der Waals surface area (Å²) in [6, 6.07) is 18.7. The Bertz CT molecular complexity index is 502. The molecule has 2 rings (SSSR count). The molecule has 18 heavy (non-hydrogen) atoms. The molecule has 2 aromatic rings. The van der Waals surface area contributed by atoms with Crippen LogP contribution in [0.4, 0.5) is 0 Å². The molecule has 0 unspecified atom stereocenters. The fourth-order valence-electron chi connectivity index (χ4n) is 1.93. The highest BCUT2D eigenvalue weighted by Gasteiger charge is 1.99. The van der Waals surface area contributed by atoms with E-state index in [1.165, 1.54) is 16.7 Å². The lowest BCUT2D eigenvalue weighted by Crippen LogP contribution is -1.90. The molecular formula is C16H15ClO. The van der Waals surface area contributed by atoms with Gasteiger partial charge in [-0.25, -0.2) is 0 Å². The Morgan fingerprint density at radius 3 is 2.11 bits per heavy atom. The van der Waals surface area contributed by atoms with Gasteiger partial charge in [0.15, 0.2) is 0 Å². The Balaban J connectivity index is 2.00. The van der Waals surface area contributed by atoms with Crippen LogP contribution in [0.15, 0.2) is 54.6 Å². The van der Waals surface area contributed by atoms with Crippen LogP contribution in [0, 0.1) is 0 Å². The molecule has 92 valence electrons. The maximum atomic E-state index is 10.6. The first-order chi connectivity index (χ1) is 8.75. The summed E-state index contributed by atoms with van der Waals surface area (Å²) in [7, 11) is 0. The number of rotatable bonds is 5. The molecule has 0 amide bonds. The molecule has 1 nitrogen and oxygen atoms in total. The van der Waals surface area contributed by atoms with Gasteiger partial charge < -0.3 is 0 Å². The smallest absolute Gasteiger partial charge is 0.221 e. The molecule has 0 saturated heterocycles. The van der Waals surface area contributed by atoms with E-state index in [9.17, 15) is 4.79 Å². The van der Waals surface area contributed by atoms with Crippen molar-refractivity contribution in [2.45, 2.75) is 19.3 Å². The highest BCUT2D eigenvalue weighted by Crippen LogP contribution is 2.19. The van der Waals surface area contributed by atoms with E-state index in [0.29, 0.717) is 6.42 Å². The SMILES string of the molecule is O=C(Cl)CCCc1ccc(-c2ccccc2)cc1. The lowest BCUT2D eigenvalue weighted by molar-refractivity contribution is -0.111. The van der Waals surface area contributed by atoms with Crippen LogP contribution < -0.4 is 0 Å². The second-order valence-corrected chi connectivity index (χ2v) is 4.69. The standard InChI is InChI=1S/C16H15ClO/c17-16(18)8-4-5-13-9-11-15(12-10-13)14-6-2-1-3-7-14/h1-3,6-7,9-12H,4-5,8H2. The topological polar surface area (TPSA) is 17.1 Å². The maximum Gasteiger partial charge on any atom is 0.221 e. The van der Waals surface area contributed by atoms with Crippen molar-refractivity contribution in [1.82, 2.24) is 0 Å². The van der Waals surface area contributed by atoms with E-state index in [0.717, 1.165) is 12.8 Å². The summed E-state index contributed by atoms with van der Waals surface area (Å²) < 4.78 is 0. The Hall–Kier alpha value is -1.60. The zero-order chi connectivity index (χ0) is 12.8. The van der Waals surface area contributed by atoms with Crippen LogP contribution >= 0.6 is 11.6 Å². The Kier molecular flexibility index (Phi) is 4.54. The van der Waals surface area contributed by atoms with E-state index in [-0.39, 0.29) is 5.24 Å². The monoisotopic (exact) mass is 258 g/mol. The summed E-state index contributed by atoms with van der Waals surface area (Å²) in [5, 5.41) is -0.254. The van der Waals surface area contributed by atoms with Gasteiger partial charge in [0.05, 0.1) is 0 Å². The van der Waals surface area contributed by atoms with Crippen molar-refractivity contribution in [3.05, 3.63) is 60.2 Å². The Morgan fingerprint density at radius 2 is 1.50 bits per heavy atom. The third-order valence-electron chi connectivity index (χ3n) is 2.90. The summed E-state index contributed by atoms with van der Waals surface area (Å²) in [6.45, 7) is 0. The summed E-state index contributed by atoms with van der Waals surface area (Å²) in [5.41, 5.74) is 3.68. The number of carbonyl (C=O) groups is 1. The third-order valence-corrected chi connectivity index (χ3v) is 3.09. The highest BCUT2D eigenvalue weighted by molar-refractivity contribution is 6.63. The minimum absolute atomic E-state index is 0.254. The van der Waals surface area contributed by atoms with Gasteiger partial charge in [0.1, 0.15) is 0 Å². The molecule has 0 atom stereocenters. The number of halogens is 1. The summed E-state index contributed by atoms with van der Waals surface area (Å²) in [6.07, 6.45) is 2.16. The lowest BCUT2D eigenvalue weighted by Gasteiger charge is -2.04. The fraction of sp³-hybridized carbons (Fsp3) is 0.188. The second kappa shape index (κ2) is 6.36. The molecule has 0 aliphatic rings.